The summed E-state index contributed by atoms with van der Waals surface area (Å²) in [6, 6.07) is 7.48. The molecule has 2 unspecified atom stereocenters. The van der Waals surface area contributed by atoms with Crippen LogP contribution in [0, 0.1) is 17.2 Å². The zero-order valence-corrected chi connectivity index (χ0v) is 16.0. The Hall–Kier alpha value is -3.61. The highest BCUT2D eigenvalue weighted by Gasteiger charge is 2.51. The lowest BCUT2D eigenvalue weighted by atomic mass is 9.75. The molecule has 1 aromatic heterocycles. The van der Waals surface area contributed by atoms with E-state index < -0.39 is 29.6 Å². The second kappa shape index (κ2) is 8.02. The minimum absolute atomic E-state index is 0.0327. The lowest BCUT2D eigenvalue weighted by Crippen LogP contribution is -2.44. The van der Waals surface area contributed by atoms with Gasteiger partial charge in [-0.05, 0) is 25.1 Å². The summed E-state index contributed by atoms with van der Waals surface area (Å²) in [5.41, 5.74) is 4.75. The molecule has 30 heavy (non-hydrogen) atoms. The van der Waals surface area contributed by atoms with Crippen molar-refractivity contribution in [3.05, 3.63) is 47.2 Å². The van der Waals surface area contributed by atoms with Gasteiger partial charge in [-0.2, -0.15) is 18.4 Å². The van der Waals surface area contributed by atoms with Gasteiger partial charge < -0.3 is 15.2 Å². The van der Waals surface area contributed by atoms with Crippen LogP contribution in [0.2, 0.25) is 0 Å². The number of aliphatic imine (C=N–C) groups is 1. The average Bonchev–Trinajstić information content (AvgIpc) is 2.71. The smallest absolute Gasteiger partial charge is 0.430 e. The number of nitrogens with two attached hydrogens (primary N) is 1. The first-order valence-electron chi connectivity index (χ1n) is 8.87. The molecule has 2 atom stereocenters. The molecule has 2 N–H and O–H groups in total. The lowest BCUT2D eigenvalue weighted by Gasteiger charge is -2.33. The summed E-state index contributed by atoms with van der Waals surface area (Å²) in [5.74, 6) is -4.11. The number of carbonyl (C=O) groups excluding carboxylic acids is 1. The van der Waals surface area contributed by atoms with Crippen molar-refractivity contribution in [3.8, 4) is 17.7 Å². The molecule has 2 heterocycles. The zero-order valence-electron chi connectivity index (χ0n) is 16.0. The fraction of sp³-hybridized carbons (Fsp3) is 0.300. The molecule has 10 heteroatoms. The van der Waals surface area contributed by atoms with Crippen LogP contribution in [0.25, 0.3) is 0 Å². The molecule has 7 nitrogen and oxygen atoms in total. The maximum atomic E-state index is 13.8. The molecule has 0 saturated carbocycles. The molecular weight excluding hydrogens is 401 g/mol. The van der Waals surface area contributed by atoms with Crippen LogP contribution in [-0.4, -0.2) is 36.5 Å². The fourth-order valence-electron chi connectivity index (χ4n) is 3.52. The summed E-state index contributed by atoms with van der Waals surface area (Å²) in [4.78, 5) is 20.1. The standard InChI is InChI=1S/C20H17F3N4O3/c1-3-30-19-15-12(6-7-26-19)27-17(20(21,22)23)16(18(25)28)14(15)11-5-4-10(9-24)8-13(11)29-2/h4-8,14,16H,3H2,1-2H3,(H2,25,28). The molecule has 1 aliphatic heterocycles. The number of primary amides is 1. The van der Waals surface area contributed by atoms with Crippen LogP contribution in [0.1, 0.15) is 29.5 Å². The number of ether oxygens (including phenoxy) is 2. The van der Waals surface area contributed by atoms with E-state index in [-0.39, 0.29) is 40.6 Å². The van der Waals surface area contributed by atoms with Crippen molar-refractivity contribution in [2.75, 3.05) is 13.7 Å². The minimum Gasteiger partial charge on any atom is -0.496 e. The van der Waals surface area contributed by atoms with Gasteiger partial charge in [0.1, 0.15) is 11.5 Å². The van der Waals surface area contributed by atoms with Crippen LogP contribution < -0.4 is 15.2 Å². The number of aromatic nitrogens is 1. The zero-order chi connectivity index (χ0) is 22.1. The molecule has 1 amide bonds. The van der Waals surface area contributed by atoms with Crippen molar-refractivity contribution in [1.82, 2.24) is 4.98 Å². The predicted molar refractivity (Wildman–Crippen MR) is 101 cm³/mol. The second-order valence-corrected chi connectivity index (χ2v) is 6.40. The summed E-state index contributed by atoms with van der Waals surface area (Å²) in [6.07, 6.45) is -3.62. The van der Waals surface area contributed by atoms with Crippen LogP contribution in [0.15, 0.2) is 35.5 Å². The number of alkyl halides is 3. The topological polar surface area (TPSA) is 111 Å². The van der Waals surface area contributed by atoms with Crippen molar-refractivity contribution >= 4 is 17.3 Å². The molecule has 1 aliphatic rings. The van der Waals surface area contributed by atoms with Gasteiger partial charge in [0.05, 0.1) is 37.0 Å². The van der Waals surface area contributed by atoms with Gasteiger partial charge in [-0.25, -0.2) is 9.98 Å². The Morgan fingerprint density at radius 3 is 2.63 bits per heavy atom. The molecule has 0 radical (unpaired) electrons. The Labute approximate surface area is 169 Å². The van der Waals surface area contributed by atoms with Gasteiger partial charge >= 0.3 is 6.18 Å². The van der Waals surface area contributed by atoms with Crippen LogP contribution in [-0.2, 0) is 4.79 Å². The third kappa shape index (κ3) is 3.66. The van der Waals surface area contributed by atoms with Crippen LogP contribution in [0.5, 0.6) is 11.6 Å². The van der Waals surface area contributed by atoms with E-state index in [1.165, 1.54) is 37.6 Å². The Morgan fingerprint density at radius 2 is 2.07 bits per heavy atom. The van der Waals surface area contributed by atoms with E-state index in [1.807, 2.05) is 6.07 Å². The molecular formula is C20H17F3N4O3. The first kappa shape index (κ1) is 21.1. The Bertz CT molecular complexity index is 1060. The summed E-state index contributed by atoms with van der Waals surface area (Å²) >= 11 is 0. The van der Waals surface area contributed by atoms with E-state index in [1.54, 1.807) is 6.92 Å². The van der Waals surface area contributed by atoms with Gasteiger partial charge in [-0.15, -0.1) is 0 Å². The first-order valence-corrected chi connectivity index (χ1v) is 8.87. The number of rotatable bonds is 5. The quantitative estimate of drug-likeness (QED) is 0.801. The number of fused-ring (bicyclic) bond motifs is 1. The summed E-state index contributed by atoms with van der Waals surface area (Å²) in [7, 11) is 1.31. The highest BCUT2D eigenvalue weighted by atomic mass is 19.4. The fourth-order valence-corrected chi connectivity index (χ4v) is 3.52. The number of hydrogen-bond acceptors (Lipinski definition) is 6. The number of benzene rings is 1. The van der Waals surface area contributed by atoms with E-state index in [9.17, 15) is 18.0 Å². The van der Waals surface area contributed by atoms with Crippen LogP contribution in [0.3, 0.4) is 0 Å². The molecule has 3 rings (SSSR count). The molecule has 1 aromatic carbocycles. The Balaban J connectivity index is 2.39. The number of carbonyl (C=O) groups is 1. The number of pyridine rings is 1. The number of halogens is 3. The lowest BCUT2D eigenvalue weighted by molar-refractivity contribution is -0.122. The molecule has 0 spiro atoms. The Morgan fingerprint density at radius 1 is 1.33 bits per heavy atom. The third-order valence-corrected chi connectivity index (χ3v) is 4.69. The van der Waals surface area contributed by atoms with Gasteiger partial charge in [0.2, 0.25) is 11.8 Å². The molecule has 0 aliphatic carbocycles. The number of nitrogens with zero attached hydrogens (tertiary/aromatic N) is 3. The van der Waals surface area contributed by atoms with E-state index in [0.29, 0.717) is 0 Å². The molecule has 0 saturated heterocycles. The van der Waals surface area contributed by atoms with Gasteiger partial charge in [-0.3, -0.25) is 4.79 Å². The maximum absolute atomic E-state index is 13.8. The van der Waals surface area contributed by atoms with Gasteiger partial charge in [-0.1, -0.05) is 6.07 Å². The van der Waals surface area contributed by atoms with E-state index >= 15 is 0 Å². The van der Waals surface area contributed by atoms with Crippen molar-refractivity contribution < 1.29 is 27.4 Å². The summed E-state index contributed by atoms with van der Waals surface area (Å²) < 4.78 is 52.3. The SMILES string of the molecule is CCOc1nccc2c1C(c1ccc(C#N)cc1OC)C(C(N)=O)C(C(F)(F)F)=N2. The van der Waals surface area contributed by atoms with Crippen LogP contribution >= 0.6 is 0 Å². The maximum Gasteiger partial charge on any atom is 0.430 e. The predicted octanol–water partition coefficient (Wildman–Crippen LogP) is 3.24. The largest absolute Gasteiger partial charge is 0.496 e. The monoisotopic (exact) mass is 418 g/mol. The molecule has 0 fully saturated rings. The second-order valence-electron chi connectivity index (χ2n) is 6.40. The van der Waals surface area contributed by atoms with E-state index in [0.717, 1.165) is 0 Å². The number of methoxy groups -OCH3 is 1. The van der Waals surface area contributed by atoms with Crippen molar-refractivity contribution in [2.45, 2.75) is 19.0 Å². The first-order chi connectivity index (χ1) is 14.2. The molecule has 2 aromatic rings. The highest BCUT2D eigenvalue weighted by Crippen LogP contribution is 2.50. The normalized spacial score (nSPS) is 18.1. The molecule has 156 valence electrons. The Kier molecular flexibility index (Phi) is 5.64. The number of hydrogen-bond donors (Lipinski definition) is 1. The summed E-state index contributed by atoms with van der Waals surface area (Å²) in [5, 5.41) is 9.14. The highest BCUT2D eigenvalue weighted by molar-refractivity contribution is 6.10. The third-order valence-electron chi connectivity index (χ3n) is 4.69. The van der Waals surface area contributed by atoms with Gasteiger partial charge in [0.25, 0.3) is 0 Å². The number of amides is 1. The minimum atomic E-state index is -4.90. The van der Waals surface area contributed by atoms with E-state index in [4.69, 9.17) is 20.5 Å². The van der Waals surface area contributed by atoms with Crippen molar-refractivity contribution in [2.24, 2.45) is 16.6 Å². The number of nitriles is 1. The van der Waals surface area contributed by atoms with E-state index in [2.05, 4.69) is 9.98 Å². The molecule has 0 bridgehead atoms. The van der Waals surface area contributed by atoms with Crippen molar-refractivity contribution in [1.29, 1.82) is 5.26 Å². The summed E-state index contributed by atoms with van der Waals surface area (Å²) in [6.45, 7) is 1.88. The van der Waals surface area contributed by atoms with Crippen molar-refractivity contribution in [3.63, 3.8) is 0 Å². The van der Waals surface area contributed by atoms with Gasteiger partial charge in [0, 0.05) is 23.2 Å². The van der Waals surface area contributed by atoms with Crippen LogP contribution in [0.4, 0.5) is 18.9 Å². The van der Waals surface area contributed by atoms with Gasteiger partial charge in [0.15, 0.2) is 0 Å². The average molecular weight is 418 g/mol.